The second-order valence-corrected chi connectivity index (χ2v) is 4.03. The molecule has 1 aromatic carbocycles. The van der Waals surface area contributed by atoms with Crippen molar-refractivity contribution in [3.8, 4) is 11.5 Å². The summed E-state index contributed by atoms with van der Waals surface area (Å²) in [4.78, 5) is 14.3. The number of hydrogen-bond acceptors (Lipinski definition) is 4. The van der Waals surface area contributed by atoms with Crippen LogP contribution in [0.3, 0.4) is 0 Å². The first-order valence-corrected chi connectivity index (χ1v) is 6.24. The molecule has 1 aromatic heterocycles. The number of rotatable bonds is 4. The van der Waals surface area contributed by atoms with Crippen molar-refractivity contribution >= 4 is 21.6 Å². The SMILES string of the molecule is O=[N+]([O-])c1ccc(Oc2cccnc2)cc1CBr. The third-order valence-corrected chi connectivity index (χ3v) is 2.87. The maximum absolute atomic E-state index is 10.8. The fourth-order valence-corrected chi connectivity index (χ4v) is 1.90. The van der Waals surface area contributed by atoms with Crippen LogP contribution in [0, 0.1) is 10.1 Å². The number of aromatic nitrogens is 1. The van der Waals surface area contributed by atoms with E-state index in [0.29, 0.717) is 22.4 Å². The second-order valence-electron chi connectivity index (χ2n) is 3.47. The number of nitro groups is 1. The number of halogens is 1. The zero-order valence-corrected chi connectivity index (χ0v) is 10.8. The van der Waals surface area contributed by atoms with Crippen molar-refractivity contribution in [2.75, 3.05) is 0 Å². The average molecular weight is 309 g/mol. The lowest BCUT2D eigenvalue weighted by atomic mass is 10.2. The molecule has 0 aliphatic rings. The molecule has 2 aromatic rings. The van der Waals surface area contributed by atoms with E-state index in [2.05, 4.69) is 20.9 Å². The predicted octanol–water partition coefficient (Wildman–Crippen LogP) is 3.68. The summed E-state index contributed by atoms with van der Waals surface area (Å²) in [6.45, 7) is 0. The van der Waals surface area contributed by atoms with Gasteiger partial charge in [-0.05, 0) is 24.3 Å². The van der Waals surface area contributed by atoms with E-state index in [4.69, 9.17) is 4.74 Å². The van der Waals surface area contributed by atoms with Crippen LogP contribution < -0.4 is 4.74 Å². The van der Waals surface area contributed by atoms with Crippen molar-refractivity contribution in [2.24, 2.45) is 0 Å². The van der Waals surface area contributed by atoms with Crippen LogP contribution in [0.15, 0.2) is 42.7 Å². The predicted molar refractivity (Wildman–Crippen MR) is 70.0 cm³/mol. The summed E-state index contributed by atoms with van der Waals surface area (Å²) in [6, 6.07) is 8.16. The molecule has 92 valence electrons. The molecule has 18 heavy (non-hydrogen) atoms. The summed E-state index contributed by atoms with van der Waals surface area (Å²) >= 11 is 3.22. The average Bonchev–Trinajstić information content (AvgIpc) is 2.39. The van der Waals surface area contributed by atoms with Gasteiger partial charge < -0.3 is 4.74 Å². The van der Waals surface area contributed by atoms with Gasteiger partial charge in [-0.1, -0.05) is 15.9 Å². The Hall–Kier alpha value is -1.95. The van der Waals surface area contributed by atoms with Crippen molar-refractivity contribution < 1.29 is 9.66 Å². The number of ether oxygens (including phenoxy) is 1. The maximum Gasteiger partial charge on any atom is 0.273 e. The van der Waals surface area contributed by atoms with Crippen molar-refractivity contribution in [3.05, 3.63) is 58.4 Å². The van der Waals surface area contributed by atoms with E-state index >= 15 is 0 Å². The first-order valence-electron chi connectivity index (χ1n) is 5.12. The van der Waals surface area contributed by atoms with E-state index in [1.807, 2.05) is 0 Å². The molecule has 1 heterocycles. The van der Waals surface area contributed by atoms with Gasteiger partial charge in [0, 0.05) is 23.2 Å². The van der Waals surface area contributed by atoms with E-state index in [1.54, 1.807) is 36.7 Å². The minimum absolute atomic E-state index is 0.0745. The van der Waals surface area contributed by atoms with Crippen LogP contribution in [0.25, 0.3) is 0 Å². The maximum atomic E-state index is 10.8. The Morgan fingerprint density at radius 1 is 1.33 bits per heavy atom. The lowest BCUT2D eigenvalue weighted by Crippen LogP contribution is -1.94. The molecule has 6 heteroatoms. The highest BCUT2D eigenvalue weighted by Gasteiger charge is 2.13. The Balaban J connectivity index is 2.28. The summed E-state index contributed by atoms with van der Waals surface area (Å²) < 4.78 is 5.55. The number of alkyl halides is 1. The smallest absolute Gasteiger partial charge is 0.273 e. The molecule has 2 rings (SSSR count). The second kappa shape index (κ2) is 5.59. The Kier molecular flexibility index (Phi) is 3.88. The van der Waals surface area contributed by atoms with E-state index in [9.17, 15) is 10.1 Å². The van der Waals surface area contributed by atoms with Gasteiger partial charge in [-0.3, -0.25) is 15.1 Å². The fraction of sp³-hybridized carbons (Fsp3) is 0.0833. The molecule has 0 spiro atoms. The highest BCUT2D eigenvalue weighted by molar-refractivity contribution is 9.08. The molecule has 0 unspecified atom stereocenters. The van der Waals surface area contributed by atoms with E-state index in [1.165, 1.54) is 6.07 Å². The summed E-state index contributed by atoms with van der Waals surface area (Å²) in [5.74, 6) is 1.13. The summed E-state index contributed by atoms with van der Waals surface area (Å²) in [5.41, 5.74) is 0.645. The first-order chi connectivity index (χ1) is 8.70. The highest BCUT2D eigenvalue weighted by atomic mass is 79.9. The molecule has 0 atom stereocenters. The monoisotopic (exact) mass is 308 g/mol. The molecule has 5 nitrogen and oxygen atoms in total. The summed E-state index contributed by atoms with van der Waals surface area (Å²) in [6.07, 6.45) is 3.22. The standard InChI is InChI=1S/C12H9BrN2O3/c13-7-9-6-10(3-4-12(9)15(16)17)18-11-2-1-5-14-8-11/h1-6,8H,7H2. The molecule has 0 saturated heterocycles. The van der Waals surface area contributed by atoms with Gasteiger partial charge in [-0.2, -0.15) is 0 Å². The normalized spacial score (nSPS) is 10.1. The topological polar surface area (TPSA) is 65.3 Å². The van der Waals surface area contributed by atoms with Crippen molar-refractivity contribution in [1.29, 1.82) is 0 Å². The van der Waals surface area contributed by atoms with Crippen molar-refractivity contribution in [2.45, 2.75) is 5.33 Å². The lowest BCUT2D eigenvalue weighted by Gasteiger charge is -2.06. The van der Waals surface area contributed by atoms with E-state index in [-0.39, 0.29) is 5.69 Å². The van der Waals surface area contributed by atoms with Crippen LogP contribution in [0.4, 0.5) is 5.69 Å². The van der Waals surface area contributed by atoms with Crippen LogP contribution >= 0.6 is 15.9 Å². The number of hydrogen-bond donors (Lipinski definition) is 0. The molecule has 0 aliphatic heterocycles. The Morgan fingerprint density at radius 2 is 2.17 bits per heavy atom. The number of benzene rings is 1. The van der Waals surface area contributed by atoms with Gasteiger partial charge in [0.15, 0.2) is 0 Å². The minimum atomic E-state index is -0.412. The largest absolute Gasteiger partial charge is 0.456 e. The minimum Gasteiger partial charge on any atom is -0.456 e. The Labute approximate surface area is 112 Å². The number of nitro benzene ring substituents is 1. The molecular weight excluding hydrogens is 300 g/mol. The van der Waals surface area contributed by atoms with Gasteiger partial charge in [0.25, 0.3) is 5.69 Å². The zero-order valence-electron chi connectivity index (χ0n) is 9.25. The number of nitrogens with zero attached hydrogens (tertiary/aromatic N) is 2. The van der Waals surface area contributed by atoms with Gasteiger partial charge in [0.05, 0.1) is 11.1 Å². The first kappa shape index (κ1) is 12.5. The zero-order chi connectivity index (χ0) is 13.0. The van der Waals surface area contributed by atoms with Crippen LogP contribution in [0.1, 0.15) is 5.56 Å². The summed E-state index contributed by atoms with van der Waals surface area (Å²) in [5, 5.41) is 11.2. The molecule has 0 fully saturated rings. The molecule has 0 aliphatic carbocycles. The third kappa shape index (κ3) is 2.84. The molecule has 0 bridgehead atoms. The van der Waals surface area contributed by atoms with Crippen molar-refractivity contribution in [3.63, 3.8) is 0 Å². The van der Waals surface area contributed by atoms with Gasteiger partial charge in [0.2, 0.25) is 0 Å². The van der Waals surface area contributed by atoms with Crippen LogP contribution in [0.2, 0.25) is 0 Å². The van der Waals surface area contributed by atoms with E-state index < -0.39 is 4.92 Å². The lowest BCUT2D eigenvalue weighted by molar-refractivity contribution is -0.385. The van der Waals surface area contributed by atoms with Crippen LogP contribution in [-0.4, -0.2) is 9.91 Å². The van der Waals surface area contributed by atoms with Gasteiger partial charge in [-0.15, -0.1) is 0 Å². The van der Waals surface area contributed by atoms with Gasteiger partial charge in [-0.25, -0.2) is 0 Å². The fourth-order valence-electron chi connectivity index (χ4n) is 1.45. The molecule has 0 N–H and O–H groups in total. The molecule has 0 radical (unpaired) electrons. The van der Waals surface area contributed by atoms with Crippen LogP contribution in [0.5, 0.6) is 11.5 Å². The molecule has 0 amide bonds. The van der Waals surface area contributed by atoms with Crippen molar-refractivity contribution in [1.82, 2.24) is 4.98 Å². The van der Waals surface area contributed by atoms with Gasteiger partial charge in [0.1, 0.15) is 11.5 Å². The summed E-state index contributed by atoms with van der Waals surface area (Å²) in [7, 11) is 0. The van der Waals surface area contributed by atoms with Gasteiger partial charge >= 0.3 is 0 Å². The van der Waals surface area contributed by atoms with Crippen LogP contribution in [-0.2, 0) is 5.33 Å². The quantitative estimate of drug-likeness (QED) is 0.491. The third-order valence-electron chi connectivity index (χ3n) is 2.26. The molecular formula is C12H9BrN2O3. The van der Waals surface area contributed by atoms with E-state index in [0.717, 1.165) is 0 Å². The number of pyridine rings is 1. The molecule has 0 saturated carbocycles. The Bertz CT molecular complexity index is 561. The highest BCUT2D eigenvalue weighted by Crippen LogP contribution is 2.28. The Morgan fingerprint density at radius 3 is 2.78 bits per heavy atom.